The molecule has 2 aromatic carbocycles. The Kier molecular flexibility index (Phi) is 8.13. The Bertz CT molecular complexity index is 921. The summed E-state index contributed by atoms with van der Waals surface area (Å²) in [5, 5.41) is 12.1. The van der Waals surface area contributed by atoms with Gasteiger partial charge >= 0.3 is 0 Å². The zero-order valence-corrected chi connectivity index (χ0v) is 18.2. The summed E-state index contributed by atoms with van der Waals surface area (Å²) in [7, 11) is 1.63. The number of halogens is 4. The van der Waals surface area contributed by atoms with Crippen molar-refractivity contribution >= 4 is 35.6 Å². The van der Waals surface area contributed by atoms with Gasteiger partial charge in [-0.3, -0.25) is 4.99 Å². The Morgan fingerprint density at radius 3 is 2.41 bits per heavy atom. The monoisotopic (exact) mass is 515 g/mol. The van der Waals surface area contributed by atoms with E-state index in [2.05, 4.69) is 10.3 Å². The van der Waals surface area contributed by atoms with Crippen LogP contribution >= 0.6 is 24.0 Å². The highest BCUT2D eigenvalue weighted by atomic mass is 127. The van der Waals surface area contributed by atoms with Gasteiger partial charge in [-0.2, -0.15) is 5.26 Å². The molecule has 1 saturated heterocycles. The third-order valence-electron chi connectivity index (χ3n) is 4.65. The van der Waals surface area contributed by atoms with E-state index in [1.165, 1.54) is 24.3 Å². The van der Waals surface area contributed by atoms with Gasteiger partial charge in [-0.25, -0.2) is 13.2 Å². The number of guanidine groups is 1. The molecule has 1 aliphatic rings. The summed E-state index contributed by atoms with van der Waals surface area (Å²) in [6.07, 6.45) is 0. The van der Waals surface area contributed by atoms with E-state index in [-0.39, 0.29) is 36.2 Å². The number of rotatable bonds is 3. The molecule has 0 spiro atoms. The third kappa shape index (κ3) is 5.53. The second-order valence-electron chi connectivity index (χ2n) is 6.39. The number of hydrogen-bond donors (Lipinski definition) is 1. The molecule has 0 bridgehead atoms. The van der Waals surface area contributed by atoms with E-state index in [1.54, 1.807) is 11.9 Å². The second kappa shape index (κ2) is 10.3. The quantitative estimate of drug-likeness (QED) is 0.387. The molecule has 9 heteroatoms. The van der Waals surface area contributed by atoms with Crippen LogP contribution < -0.4 is 10.2 Å². The molecule has 0 atom stereocenters. The Hall–Kier alpha value is -2.48. The molecule has 29 heavy (non-hydrogen) atoms. The van der Waals surface area contributed by atoms with E-state index in [1.807, 2.05) is 11.0 Å². The van der Waals surface area contributed by atoms with E-state index in [4.69, 9.17) is 5.26 Å². The summed E-state index contributed by atoms with van der Waals surface area (Å²) in [5.41, 5.74) is 1.01. The first-order valence-electron chi connectivity index (χ1n) is 8.86. The fourth-order valence-corrected chi connectivity index (χ4v) is 3.17. The predicted octanol–water partition coefficient (Wildman–Crippen LogP) is 3.49. The van der Waals surface area contributed by atoms with Crippen molar-refractivity contribution < 1.29 is 13.2 Å². The van der Waals surface area contributed by atoms with Crippen LogP contribution in [0.15, 0.2) is 41.4 Å². The van der Waals surface area contributed by atoms with Crippen LogP contribution in [0.1, 0.15) is 11.1 Å². The van der Waals surface area contributed by atoms with Gasteiger partial charge in [0.15, 0.2) is 5.96 Å². The largest absolute Gasteiger partial charge is 0.366 e. The van der Waals surface area contributed by atoms with Crippen LogP contribution in [0.5, 0.6) is 0 Å². The number of benzene rings is 2. The van der Waals surface area contributed by atoms with Gasteiger partial charge in [-0.15, -0.1) is 24.0 Å². The van der Waals surface area contributed by atoms with Crippen molar-refractivity contribution in [1.82, 2.24) is 10.2 Å². The summed E-state index contributed by atoms with van der Waals surface area (Å²) in [6.45, 7) is 2.29. The van der Waals surface area contributed by atoms with Crippen LogP contribution in [0.25, 0.3) is 0 Å². The number of nitriles is 1. The number of nitrogens with one attached hydrogen (secondary N) is 1. The summed E-state index contributed by atoms with van der Waals surface area (Å²) in [6, 6.07) is 9.61. The molecule has 1 fully saturated rings. The lowest BCUT2D eigenvalue weighted by Crippen LogP contribution is -2.52. The molecule has 0 saturated carbocycles. The van der Waals surface area contributed by atoms with Gasteiger partial charge in [0.05, 0.1) is 17.3 Å². The zero-order chi connectivity index (χ0) is 20.1. The Morgan fingerprint density at radius 1 is 1.07 bits per heavy atom. The first kappa shape index (κ1) is 22.8. The molecule has 1 N–H and O–H groups in total. The molecule has 0 radical (unpaired) electrons. The van der Waals surface area contributed by atoms with Gasteiger partial charge in [-0.1, -0.05) is 0 Å². The highest BCUT2D eigenvalue weighted by Crippen LogP contribution is 2.22. The van der Waals surface area contributed by atoms with Gasteiger partial charge in [-0.05, 0) is 30.3 Å². The molecule has 0 amide bonds. The second-order valence-corrected chi connectivity index (χ2v) is 6.39. The van der Waals surface area contributed by atoms with Crippen LogP contribution in [-0.4, -0.2) is 44.1 Å². The molecule has 0 aliphatic carbocycles. The van der Waals surface area contributed by atoms with E-state index in [9.17, 15) is 13.2 Å². The topological polar surface area (TPSA) is 54.7 Å². The third-order valence-corrected chi connectivity index (χ3v) is 4.65. The number of piperazine rings is 1. The van der Waals surface area contributed by atoms with E-state index >= 15 is 0 Å². The van der Waals surface area contributed by atoms with E-state index < -0.39 is 17.5 Å². The first-order valence-corrected chi connectivity index (χ1v) is 8.86. The molecule has 5 nitrogen and oxygen atoms in total. The number of aliphatic imine (C=N–C) groups is 1. The fraction of sp³-hybridized carbons (Fsp3) is 0.300. The smallest absolute Gasteiger partial charge is 0.194 e. The van der Waals surface area contributed by atoms with Crippen molar-refractivity contribution in [3.8, 4) is 6.07 Å². The first-order chi connectivity index (χ1) is 13.5. The lowest BCUT2D eigenvalue weighted by Gasteiger charge is -2.37. The average Bonchev–Trinajstić information content (AvgIpc) is 2.72. The molecule has 1 aliphatic heterocycles. The maximum Gasteiger partial charge on any atom is 0.194 e. The molecular formula is C20H21F3IN5. The molecule has 0 aromatic heterocycles. The minimum Gasteiger partial charge on any atom is -0.366 e. The summed E-state index contributed by atoms with van der Waals surface area (Å²) in [5.74, 6) is -0.738. The van der Waals surface area contributed by atoms with E-state index in [0.717, 1.165) is 12.1 Å². The Morgan fingerprint density at radius 2 is 1.76 bits per heavy atom. The summed E-state index contributed by atoms with van der Waals surface area (Å²) < 4.78 is 41.3. The van der Waals surface area contributed by atoms with Gasteiger partial charge in [0.2, 0.25) is 0 Å². The lowest BCUT2D eigenvalue weighted by molar-refractivity contribution is 0.370. The van der Waals surface area contributed by atoms with Crippen molar-refractivity contribution in [2.45, 2.75) is 6.54 Å². The number of nitrogens with zero attached hydrogens (tertiary/aromatic N) is 4. The maximum absolute atomic E-state index is 14.0. The minimum absolute atomic E-state index is 0. The van der Waals surface area contributed by atoms with Gasteiger partial charge < -0.3 is 15.1 Å². The van der Waals surface area contributed by atoms with E-state index in [0.29, 0.717) is 43.3 Å². The number of anilines is 1. The molecule has 154 valence electrons. The standard InChI is InChI=1S/C20H20F3N5.HI/c1-25-20(26-13-15-10-14(12-24)2-4-17(15)22)28-8-6-27(7-9-28)19-11-16(21)3-5-18(19)23;/h2-5,10-11H,6-9,13H2,1H3,(H,25,26);1H. The minimum atomic E-state index is -0.474. The average molecular weight is 515 g/mol. The van der Waals surface area contributed by atoms with Crippen LogP contribution in [0.3, 0.4) is 0 Å². The fourth-order valence-electron chi connectivity index (χ4n) is 3.17. The number of hydrogen-bond acceptors (Lipinski definition) is 3. The van der Waals surface area contributed by atoms with Gasteiger partial charge in [0.25, 0.3) is 0 Å². The SMILES string of the molecule is CN=C(NCc1cc(C#N)ccc1F)N1CCN(c2cc(F)ccc2F)CC1.I. The molecular weight excluding hydrogens is 494 g/mol. The maximum atomic E-state index is 14.0. The molecule has 3 rings (SSSR count). The molecule has 1 heterocycles. The lowest BCUT2D eigenvalue weighted by atomic mass is 10.1. The van der Waals surface area contributed by atoms with Gasteiger partial charge in [0.1, 0.15) is 17.5 Å². The summed E-state index contributed by atoms with van der Waals surface area (Å²) in [4.78, 5) is 7.98. The molecule has 0 unspecified atom stereocenters. The normalized spacial score (nSPS) is 14.2. The Labute approximate surface area is 184 Å². The summed E-state index contributed by atoms with van der Waals surface area (Å²) >= 11 is 0. The van der Waals surface area contributed by atoms with Crippen molar-refractivity contribution in [2.24, 2.45) is 4.99 Å². The van der Waals surface area contributed by atoms with Crippen LogP contribution in [0.4, 0.5) is 18.9 Å². The van der Waals surface area contributed by atoms with Crippen LogP contribution in [0, 0.1) is 28.8 Å². The van der Waals surface area contributed by atoms with Crippen molar-refractivity contribution in [2.75, 3.05) is 38.1 Å². The van der Waals surface area contributed by atoms with Crippen LogP contribution in [-0.2, 0) is 6.54 Å². The predicted molar refractivity (Wildman–Crippen MR) is 117 cm³/mol. The van der Waals surface area contributed by atoms with Crippen LogP contribution in [0.2, 0.25) is 0 Å². The van der Waals surface area contributed by atoms with Crippen molar-refractivity contribution in [3.63, 3.8) is 0 Å². The molecule has 2 aromatic rings. The van der Waals surface area contributed by atoms with Gasteiger partial charge in [0, 0.05) is 51.4 Å². The Balaban J connectivity index is 0.00000300. The van der Waals surface area contributed by atoms with Crippen molar-refractivity contribution in [1.29, 1.82) is 5.26 Å². The highest BCUT2D eigenvalue weighted by Gasteiger charge is 2.22. The highest BCUT2D eigenvalue weighted by molar-refractivity contribution is 14.0. The zero-order valence-electron chi connectivity index (χ0n) is 15.8. The van der Waals surface area contributed by atoms with Crippen molar-refractivity contribution in [3.05, 3.63) is 65.0 Å².